The van der Waals surface area contributed by atoms with Crippen molar-refractivity contribution in [2.24, 2.45) is 17.8 Å². The van der Waals surface area contributed by atoms with Crippen molar-refractivity contribution < 1.29 is 14.7 Å². The van der Waals surface area contributed by atoms with Crippen molar-refractivity contribution in [2.45, 2.75) is 45.1 Å². The molecule has 3 atom stereocenters. The highest BCUT2D eigenvalue weighted by molar-refractivity contribution is 5.85. The van der Waals surface area contributed by atoms with E-state index in [0.29, 0.717) is 18.4 Å². The second kappa shape index (κ2) is 4.67. The zero-order valence-corrected chi connectivity index (χ0v) is 10.6. The van der Waals surface area contributed by atoms with Gasteiger partial charge in [-0.25, -0.2) is 0 Å². The summed E-state index contributed by atoms with van der Waals surface area (Å²) in [5.41, 5.74) is 0. The molecule has 2 rings (SSSR count). The number of carbonyl (C=O) groups excluding carboxylic acids is 1. The second-order valence-corrected chi connectivity index (χ2v) is 5.66. The molecule has 3 unspecified atom stereocenters. The van der Waals surface area contributed by atoms with Crippen LogP contribution in [-0.2, 0) is 9.59 Å². The maximum absolute atomic E-state index is 12.3. The van der Waals surface area contributed by atoms with Gasteiger partial charge in [0.1, 0.15) is 0 Å². The van der Waals surface area contributed by atoms with Crippen LogP contribution >= 0.6 is 0 Å². The molecular weight excluding hydrogens is 218 g/mol. The Labute approximate surface area is 102 Å². The highest BCUT2D eigenvalue weighted by atomic mass is 16.4. The average Bonchev–Trinajstić information content (AvgIpc) is 2.56. The van der Waals surface area contributed by atoms with E-state index in [1.807, 2.05) is 14.0 Å². The Morgan fingerprint density at radius 1 is 1.18 bits per heavy atom. The van der Waals surface area contributed by atoms with Crippen LogP contribution < -0.4 is 0 Å². The van der Waals surface area contributed by atoms with Gasteiger partial charge in [-0.05, 0) is 38.0 Å². The lowest BCUT2D eigenvalue weighted by atomic mass is 9.89. The Bertz CT molecular complexity index is 325. The van der Waals surface area contributed by atoms with Crippen LogP contribution in [0.5, 0.6) is 0 Å². The molecule has 4 heteroatoms. The van der Waals surface area contributed by atoms with Crippen molar-refractivity contribution in [3.63, 3.8) is 0 Å². The smallest absolute Gasteiger partial charge is 0.307 e. The normalized spacial score (nSPS) is 33.2. The maximum atomic E-state index is 12.3. The van der Waals surface area contributed by atoms with E-state index in [-0.39, 0.29) is 11.8 Å². The largest absolute Gasteiger partial charge is 0.481 e. The zero-order valence-electron chi connectivity index (χ0n) is 10.6. The van der Waals surface area contributed by atoms with E-state index in [1.165, 1.54) is 6.42 Å². The topological polar surface area (TPSA) is 57.6 Å². The van der Waals surface area contributed by atoms with Gasteiger partial charge in [-0.1, -0.05) is 6.92 Å². The molecule has 0 aromatic carbocycles. The zero-order chi connectivity index (χ0) is 12.6. The molecule has 0 bridgehead atoms. The van der Waals surface area contributed by atoms with Gasteiger partial charge in [-0.2, -0.15) is 0 Å². The summed E-state index contributed by atoms with van der Waals surface area (Å²) in [5, 5.41) is 9.17. The van der Waals surface area contributed by atoms with Gasteiger partial charge < -0.3 is 10.0 Å². The Hall–Kier alpha value is -1.06. The van der Waals surface area contributed by atoms with Crippen molar-refractivity contribution in [1.29, 1.82) is 0 Å². The van der Waals surface area contributed by atoms with Gasteiger partial charge in [0.15, 0.2) is 0 Å². The van der Waals surface area contributed by atoms with E-state index in [4.69, 9.17) is 0 Å². The van der Waals surface area contributed by atoms with Crippen LogP contribution in [0.4, 0.5) is 0 Å². The van der Waals surface area contributed by atoms with E-state index in [1.54, 1.807) is 4.90 Å². The van der Waals surface area contributed by atoms with Crippen LogP contribution in [0, 0.1) is 17.8 Å². The molecule has 0 aliphatic heterocycles. The van der Waals surface area contributed by atoms with Gasteiger partial charge in [0.25, 0.3) is 0 Å². The fourth-order valence-electron chi connectivity index (χ4n) is 3.05. The molecule has 1 N–H and O–H groups in total. The lowest BCUT2D eigenvalue weighted by Crippen LogP contribution is -2.45. The Morgan fingerprint density at radius 3 is 2.24 bits per heavy atom. The lowest BCUT2D eigenvalue weighted by Gasteiger charge is -2.36. The summed E-state index contributed by atoms with van der Waals surface area (Å²) in [6, 6.07) is 0.354. The van der Waals surface area contributed by atoms with Gasteiger partial charge in [0.05, 0.1) is 11.8 Å². The quantitative estimate of drug-likeness (QED) is 0.816. The third kappa shape index (κ3) is 2.31. The average molecular weight is 239 g/mol. The molecule has 17 heavy (non-hydrogen) atoms. The van der Waals surface area contributed by atoms with Crippen molar-refractivity contribution >= 4 is 11.9 Å². The first-order valence-electron chi connectivity index (χ1n) is 6.50. The summed E-state index contributed by atoms with van der Waals surface area (Å²) in [6.45, 7) is 2.03. The monoisotopic (exact) mass is 239 g/mol. The fraction of sp³-hybridized carbons (Fsp3) is 0.846. The Kier molecular flexibility index (Phi) is 3.40. The van der Waals surface area contributed by atoms with Crippen LogP contribution in [0.2, 0.25) is 0 Å². The van der Waals surface area contributed by atoms with Gasteiger partial charge >= 0.3 is 5.97 Å². The van der Waals surface area contributed by atoms with Gasteiger partial charge in [0, 0.05) is 13.1 Å². The van der Waals surface area contributed by atoms with E-state index < -0.39 is 11.9 Å². The minimum absolute atomic E-state index is 0.0476. The number of carboxylic acids is 1. The molecule has 0 heterocycles. The summed E-state index contributed by atoms with van der Waals surface area (Å²) in [5.74, 6) is -1.19. The summed E-state index contributed by atoms with van der Waals surface area (Å²) < 4.78 is 0. The summed E-state index contributed by atoms with van der Waals surface area (Å²) in [7, 11) is 1.83. The third-order valence-corrected chi connectivity index (χ3v) is 4.40. The van der Waals surface area contributed by atoms with Gasteiger partial charge in [0.2, 0.25) is 5.91 Å². The second-order valence-electron chi connectivity index (χ2n) is 5.66. The molecule has 0 aromatic heterocycles. The predicted octanol–water partition coefficient (Wildman–Crippen LogP) is 1.74. The number of amides is 1. The van der Waals surface area contributed by atoms with Crippen LogP contribution in [0.1, 0.15) is 39.0 Å². The molecule has 2 aliphatic carbocycles. The summed E-state index contributed by atoms with van der Waals surface area (Å²) >= 11 is 0. The highest BCUT2D eigenvalue weighted by Gasteiger charge is 2.43. The number of hydrogen-bond acceptors (Lipinski definition) is 2. The lowest BCUT2D eigenvalue weighted by molar-refractivity contribution is -0.150. The third-order valence-electron chi connectivity index (χ3n) is 4.40. The number of hydrogen-bond donors (Lipinski definition) is 1. The minimum atomic E-state index is -0.810. The molecule has 2 fully saturated rings. The molecule has 0 saturated heterocycles. The first-order valence-corrected chi connectivity index (χ1v) is 6.50. The summed E-state index contributed by atoms with van der Waals surface area (Å²) in [6.07, 6.45) is 4.70. The summed E-state index contributed by atoms with van der Waals surface area (Å²) in [4.78, 5) is 25.3. The number of aliphatic carboxylic acids is 1. The SMILES string of the molecule is CC1CC(C(=O)O)C(C(=O)N(C)C2CCC2)C1. The van der Waals surface area contributed by atoms with Crippen LogP contribution in [-0.4, -0.2) is 35.0 Å². The van der Waals surface area contributed by atoms with Crippen molar-refractivity contribution in [3.05, 3.63) is 0 Å². The molecule has 0 radical (unpaired) electrons. The molecular formula is C13H21NO3. The Morgan fingerprint density at radius 2 is 1.76 bits per heavy atom. The van der Waals surface area contributed by atoms with Gasteiger partial charge in [-0.15, -0.1) is 0 Å². The molecule has 1 amide bonds. The molecule has 96 valence electrons. The van der Waals surface area contributed by atoms with E-state index in [2.05, 4.69) is 0 Å². The minimum Gasteiger partial charge on any atom is -0.481 e. The number of carboxylic acid groups (broad SMARTS) is 1. The number of carbonyl (C=O) groups is 2. The number of nitrogens with zero attached hydrogens (tertiary/aromatic N) is 1. The van der Waals surface area contributed by atoms with Crippen LogP contribution in [0.15, 0.2) is 0 Å². The van der Waals surface area contributed by atoms with Crippen molar-refractivity contribution in [3.8, 4) is 0 Å². The van der Waals surface area contributed by atoms with Crippen LogP contribution in [0.25, 0.3) is 0 Å². The number of rotatable bonds is 3. The fourth-order valence-corrected chi connectivity index (χ4v) is 3.05. The first kappa shape index (κ1) is 12.4. The first-order chi connectivity index (χ1) is 8.00. The predicted molar refractivity (Wildman–Crippen MR) is 63.4 cm³/mol. The highest BCUT2D eigenvalue weighted by Crippen LogP contribution is 2.38. The van der Waals surface area contributed by atoms with E-state index >= 15 is 0 Å². The molecule has 2 aliphatic rings. The van der Waals surface area contributed by atoms with Crippen molar-refractivity contribution in [1.82, 2.24) is 4.90 Å². The van der Waals surface area contributed by atoms with Crippen molar-refractivity contribution in [2.75, 3.05) is 7.05 Å². The maximum Gasteiger partial charge on any atom is 0.307 e. The van der Waals surface area contributed by atoms with E-state index in [0.717, 1.165) is 19.3 Å². The van der Waals surface area contributed by atoms with Crippen LogP contribution in [0.3, 0.4) is 0 Å². The molecule has 4 nitrogen and oxygen atoms in total. The molecule has 0 aromatic rings. The van der Waals surface area contributed by atoms with Gasteiger partial charge in [-0.3, -0.25) is 9.59 Å². The standard InChI is InChI=1S/C13H21NO3/c1-8-6-10(11(7-8)13(16)17)12(15)14(2)9-4-3-5-9/h8-11H,3-7H2,1-2H3,(H,16,17). The molecule has 0 spiro atoms. The van der Waals surface area contributed by atoms with E-state index in [9.17, 15) is 14.7 Å². The molecule has 2 saturated carbocycles. The Balaban J connectivity index is 2.04.